The summed E-state index contributed by atoms with van der Waals surface area (Å²) in [6.07, 6.45) is 4.56. The maximum absolute atomic E-state index is 12.5. The normalized spacial score (nSPS) is 12.3. The minimum atomic E-state index is -0.508. The van der Waals surface area contributed by atoms with Gasteiger partial charge < -0.3 is 14.6 Å². The van der Waals surface area contributed by atoms with Gasteiger partial charge in [0.25, 0.3) is 0 Å². The van der Waals surface area contributed by atoms with Gasteiger partial charge in [0.2, 0.25) is 0 Å². The van der Waals surface area contributed by atoms with Crippen molar-refractivity contribution < 1.29 is 9.53 Å². The number of H-pyrrole nitrogens is 1. The monoisotopic (exact) mass is 421 g/mol. The zero-order valence-corrected chi connectivity index (χ0v) is 19.3. The van der Waals surface area contributed by atoms with Crippen molar-refractivity contribution in [2.75, 3.05) is 12.3 Å². The Hall–Kier alpha value is -1.73. The summed E-state index contributed by atoms with van der Waals surface area (Å²) in [7, 11) is 0. The number of thioether (sulfide) groups is 1. The quantitative estimate of drug-likeness (QED) is 0.536. The van der Waals surface area contributed by atoms with Crippen molar-refractivity contribution in [3.05, 3.63) is 35.1 Å². The fourth-order valence-corrected chi connectivity index (χ4v) is 4.58. The number of hydrogen-bond acceptors (Lipinski definition) is 5. The maximum atomic E-state index is 12.5. The van der Waals surface area contributed by atoms with Crippen LogP contribution in [-0.2, 0) is 11.3 Å². The molecule has 0 saturated heterocycles. The molecule has 0 aliphatic carbocycles. The van der Waals surface area contributed by atoms with E-state index in [4.69, 9.17) is 4.74 Å². The van der Waals surface area contributed by atoms with Gasteiger partial charge >= 0.3 is 6.09 Å². The molecule has 0 bridgehead atoms. The predicted molar refractivity (Wildman–Crippen MR) is 121 cm³/mol. The Kier molecular flexibility index (Phi) is 8.19. The Bertz CT molecular complexity index is 803. The molecule has 28 heavy (non-hydrogen) atoms. The second-order valence-corrected chi connectivity index (χ2v) is 9.78. The van der Waals surface area contributed by atoms with Crippen LogP contribution >= 0.6 is 23.1 Å². The fourth-order valence-electron chi connectivity index (χ4n) is 2.65. The number of hydrogen-bond donors (Lipinski definition) is 1. The Balaban J connectivity index is 2.12. The van der Waals surface area contributed by atoms with Gasteiger partial charge in [-0.15, -0.1) is 23.1 Å². The van der Waals surface area contributed by atoms with Crippen LogP contribution in [0.15, 0.2) is 24.4 Å². The molecule has 1 amide bonds. The highest BCUT2D eigenvalue weighted by atomic mass is 32.2. The lowest BCUT2D eigenvalue weighted by molar-refractivity contribution is 0.0229. The van der Waals surface area contributed by atoms with Crippen molar-refractivity contribution in [2.24, 2.45) is 0 Å². The van der Waals surface area contributed by atoms with Crippen molar-refractivity contribution >= 4 is 34.1 Å². The molecule has 0 aliphatic heterocycles. The number of ether oxygens (including phenoxy) is 1. The van der Waals surface area contributed by atoms with Crippen molar-refractivity contribution in [2.45, 2.75) is 60.1 Å². The van der Waals surface area contributed by atoms with Crippen molar-refractivity contribution in [3.63, 3.8) is 0 Å². The molecule has 2 aromatic heterocycles. The van der Waals surface area contributed by atoms with E-state index in [-0.39, 0.29) is 6.09 Å². The van der Waals surface area contributed by atoms with Gasteiger partial charge in [0.05, 0.1) is 23.3 Å². The number of rotatable bonds is 8. The SMILES string of the molecule is C/C=C(\SCC)c1ccc(-c2cnc(CN(CCC)C(=O)OC(C)(C)C)[nH]2)s1. The number of aromatic nitrogens is 2. The lowest BCUT2D eigenvalue weighted by Crippen LogP contribution is -2.37. The summed E-state index contributed by atoms with van der Waals surface area (Å²) < 4.78 is 5.52. The molecule has 0 aromatic carbocycles. The van der Waals surface area contributed by atoms with Crippen LogP contribution in [0.5, 0.6) is 0 Å². The molecule has 0 fully saturated rings. The van der Waals surface area contributed by atoms with E-state index in [9.17, 15) is 4.79 Å². The average Bonchev–Trinajstić information content (AvgIpc) is 3.27. The Morgan fingerprint density at radius 1 is 1.36 bits per heavy atom. The van der Waals surface area contributed by atoms with Crippen LogP contribution < -0.4 is 0 Å². The van der Waals surface area contributed by atoms with E-state index in [0.717, 1.165) is 28.6 Å². The Morgan fingerprint density at radius 2 is 2.11 bits per heavy atom. The largest absolute Gasteiger partial charge is 0.444 e. The van der Waals surface area contributed by atoms with Gasteiger partial charge in [-0.05, 0) is 52.0 Å². The lowest BCUT2D eigenvalue weighted by Gasteiger charge is -2.26. The fraction of sp³-hybridized carbons (Fsp3) is 0.524. The molecule has 2 aromatic rings. The van der Waals surface area contributed by atoms with E-state index >= 15 is 0 Å². The first kappa shape index (κ1) is 22.6. The first-order valence-electron chi connectivity index (χ1n) is 9.68. The summed E-state index contributed by atoms with van der Waals surface area (Å²) in [6.45, 7) is 13.0. The molecule has 0 spiro atoms. The van der Waals surface area contributed by atoms with Gasteiger partial charge in [-0.1, -0.05) is 19.9 Å². The van der Waals surface area contributed by atoms with E-state index in [0.29, 0.717) is 13.1 Å². The van der Waals surface area contributed by atoms with Crippen LogP contribution in [0.25, 0.3) is 15.5 Å². The van der Waals surface area contributed by atoms with Crippen molar-refractivity contribution in [3.8, 4) is 10.6 Å². The number of aromatic amines is 1. The molecule has 0 atom stereocenters. The summed E-state index contributed by atoms with van der Waals surface area (Å²) in [6, 6.07) is 4.28. The van der Waals surface area contributed by atoms with Crippen molar-refractivity contribution in [1.82, 2.24) is 14.9 Å². The highest BCUT2D eigenvalue weighted by Gasteiger charge is 2.22. The molecule has 5 nitrogen and oxygen atoms in total. The molecular formula is C21H31N3O2S2. The molecule has 0 saturated carbocycles. The number of nitrogens with zero attached hydrogens (tertiary/aromatic N) is 2. The zero-order valence-electron chi connectivity index (χ0n) is 17.7. The average molecular weight is 422 g/mol. The van der Waals surface area contributed by atoms with Gasteiger partial charge in [0, 0.05) is 16.3 Å². The summed E-state index contributed by atoms with van der Waals surface area (Å²) in [5, 5.41) is 0. The van der Waals surface area contributed by atoms with Crippen LogP contribution in [0.3, 0.4) is 0 Å². The first-order chi connectivity index (χ1) is 13.3. The number of carbonyl (C=O) groups excluding carboxylic acids is 1. The molecule has 0 radical (unpaired) electrons. The third-order valence-electron chi connectivity index (χ3n) is 3.79. The first-order valence-corrected chi connectivity index (χ1v) is 11.5. The van der Waals surface area contributed by atoms with E-state index in [1.165, 1.54) is 9.78 Å². The third-order valence-corrected chi connectivity index (χ3v) is 6.13. The Labute approximate surface area is 176 Å². The number of allylic oxidation sites excluding steroid dienone is 1. The minimum absolute atomic E-state index is 0.306. The molecule has 154 valence electrons. The molecule has 2 heterocycles. The van der Waals surface area contributed by atoms with Gasteiger partial charge in [0.15, 0.2) is 0 Å². The number of imidazole rings is 1. The van der Waals surface area contributed by atoms with Gasteiger partial charge in [-0.25, -0.2) is 9.78 Å². The van der Waals surface area contributed by atoms with Crippen molar-refractivity contribution in [1.29, 1.82) is 0 Å². The standard InChI is InChI=1S/C21H31N3O2S2/c1-7-12-24(20(25)26-21(4,5)6)14-19-22-13-15(23-19)17-10-11-18(28-17)16(8-2)27-9-3/h8,10-11,13H,7,9,12,14H2,1-6H3,(H,22,23)/b16-8-. The Morgan fingerprint density at radius 3 is 2.71 bits per heavy atom. The van der Waals surface area contributed by atoms with Gasteiger partial charge in [-0.3, -0.25) is 0 Å². The topological polar surface area (TPSA) is 58.2 Å². The molecule has 7 heteroatoms. The van der Waals surface area contributed by atoms with Crippen LogP contribution in [0.1, 0.15) is 58.7 Å². The van der Waals surface area contributed by atoms with Gasteiger partial charge in [0.1, 0.15) is 11.4 Å². The van der Waals surface area contributed by atoms with Gasteiger partial charge in [-0.2, -0.15) is 0 Å². The smallest absolute Gasteiger partial charge is 0.410 e. The van der Waals surface area contributed by atoms with E-state index in [1.54, 1.807) is 16.2 Å². The van der Waals surface area contributed by atoms with Crippen LogP contribution in [-0.4, -0.2) is 38.9 Å². The summed E-state index contributed by atoms with van der Waals surface area (Å²) >= 11 is 3.60. The molecule has 0 unspecified atom stereocenters. The highest BCUT2D eigenvalue weighted by Crippen LogP contribution is 2.36. The number of thiophene rings is 1. The maximum Gasteiger partial charge on any atom is 0.410 e. The summed E-state index contributed by atoms with van der Waals surface area (Å²) in [5.41, 5.74) is 0.468. The number of nitrogens with one attached hydrogen (secondary N) is 1. The molecule has 0 aliphatic rings. The highest BCUT2D eigenvalue weighted by molar-refractivity contribution is 8.08. The van der Waals surface area contributed by atoms with E-state index in [2.05, 4.69) is 42.0 Å². The number of carbonyl (C=O) groups is 1. The van der Waals surface area contributed by atoms with Crippen LogP contribution in [0.4, 0.5) is 4.79 Å². The van der Waals surface area contributed by atoms with Crippen LogP contribution in [0, 0.1) is 0 Å². The third kappa shape index (κ3) is 6.41. The van der Waals surface area contributed by atoms with E-state index in [1.807, 2.05) is 45.7 Å². The number of amides is 1. The predicted octanol–water partition coefficient (Wildman–Crippen LogP) is 6.40. The van der Waals surface area contributed by atoms with E-state index < -0.39 is 5.60 Å². The summed E-state index contributed by atoms with van der Waals surface area (Å²) in [4.78, 5) is 25.7. The molecule has 2 rings (SSSR count). The molecule has 1 N–H and O–H groups in total. The lowest BCUT2D eigenvalue weighted by atomic mass is 10.2. The minimum Gasteiger partial charge on any atom is -0.444 e. The zero-order chi connectivity index (χ0) is 20.7. The van der Waals surface area contributed by atoms with Crippen LogP contribution in [0.2, 0.25) is 0 Å². The second kappa shape index (κ2) is 10.2. The summed E-state index contributed by atoms with van der Waals surface area (Å²) in [5.74, 6) is 1.82. The molecular weight excluding hydrogens is 390 g/mol. The second-order valence-electron chi connectivity index (χ2n) is 7.40.